The van der Waals surface area contributed by atoms with Crippen LogP contribution in [0, 0.1) is 0 Å². The number of benzene rings is 1. The molecule has 1 amide bonds. The van der Waals surface area contributed by atoms with Crippen LogP contribution in [0.5, 0.6) is 0 Å². The van der Waals surface area contributed by atoms with E-state index in [1.54, 1.807) is 12.1 Å². The van der Waals surface area contributed by atoms with Gasteiger partial charge in [-0.2, -0.15) is 0 Å². The van der Waals surface area contributed by atoms with E-state index in [0.717, 1.165) is 5.56 Å². The van der Waals surface area contributed by atoms with Crippen LogP contribution in [0.25, 0.3) is 0 Å². The van der Waals surface area contributed by atoms with E-state index >= 15 is 0 Å². The molecule has 116 valence electrons. The van der Waals surface area contributed by atoms with Gasteiger partial charge < -0.3 is 10.0 Å². The largest absolute Gasteiger partial charge is 0.384 e. The monoisotopic (exact) mass is 297 g/mol. The second kappa shape index (κ2) is 6.10. The van der Waals surface area contributed by atoms with Gasteiger partial charge in [0.05, 0.1) is 0 Å². The molecule has 0 atom stereocenters. The molecule has 0 saturated carbocycles. The first-order valence-corrected chi connectivity index (χ1v) is 7.23. The van der Waals surface area contributed by atoms with Crippen LogP contribution in [-0.4, -0.2) is 41.0 Å². The van der Waals surface area contributed by atoms with Gasteiger partial charge in [-0.15, -0.1) is 0 Å². The minimum atomic E-state index is -2.76. The Hall–Kier alpha value is -1.49. The van der Waals surface area contributed by atoms with Crippen LogP contribution in [0.2, 0.25) is 0 Å². The average molecular weight is 297 g/mol. The molecular weight excluding hydrogens is 276 g/mol. The van der Waals surface area contributed by atoms with Crippen molar-refractivity contribution in [2.75, 3.05) is 13.1 Å². The van der Waals surface area contributed by atoms with E-state index in [9.17, 15) is 18.7 Å². The molecule has 0 aromatic heterocycles. The quantitative estimate of drug-likeness (QED) is 0.931. The standard InChI is InChI=1S/C16H21F2NO2/c1-11(2)12-3-5-13(6-4-12)14(20)19-9-7-16(21,8-10-19)15(17)18/h3-6,11,15,21H,7-10H2,1-2H3. The smallest absolute Gasteiger partial charge is 0.266 e. The summed E-state index contributed by atoms with van der Waals surface area (Å²) in [5.41, 5.74) is -0.239. The molecule has 5 heteroatoms. The van der Waals surface area contributed by atoms with Gasteiger partial charge in [0.2, 0.25) is 0 Å². The second-order valence-electron chi connectivity index (χ2n) is 5.97. The number of piperidine rings is 1. The highest BCUT2D eigenvalue weighted by atomic mass is 19.3. The molecule has 1 saturated heterocycles. The van der Waals surface area contributed by atoms with Crippen LogP contribution in [0.1, 0.15) is 48.5 Å². The molecule has 1 aliphatic rings. The fraction of sp³-hybridized carbons (Fsp3) is 0.562. The predicted octanol–water partition coefficient (Wildman–Crippen LogP) is 3.04. The zero-order valence-electron chi connectivity index (χ0n) is 12.4. The fourth-order valence-corrected chi connectivity index (χ4v) is 2.51. The van der Waals surface area contributed by atoms with E-state index < -0.39 is 12.0 Å². The summed E-state index contributed by atoms with van der Waals surface area (Å²) < 4.78 is 25.4. The molecule has 3 nitrogen and oxygen atoms in total. The van der Waals surface area contributed by atoms with Gasteiger partial charge in [0.25, 0.3) is 12.3 Å². The van der Waals surface area contributed by atoms with Gasteiger partial charge in [-0.3, -0.25) is 4.79 Å². The fourth-order valence-electron chi connectivity index (χ4n) is 2.51. The molecule has 1 aromatic rings. The molecule has 0 radical (unpaired) electrons. The topological polar surface area (TPSA) is 40.5 Å². The maximum Gasteiger partial charge on any atom is 0.266 e. The number of rotatable bonds is 3. The first-order chi connectivity index (χ1) is 9.83. The lowest BCUT2D eigenvalue weighted by Gasteiger charge is -2.37. The van der Waals surface area contributed by atoms with Crippen LogP contribution in [-0.2, 0) is 0 Å². The summed E-state index contributed by atoms with van der Waals surface area (Å²) >= 11 is 0. The summed E-state index contributed by atoms with van der Waals surface area (Å²) in [6.45, 7) is 4.47. The molecule has 1 aromatic carbocycles. The third-order valence-corrected chi connectivity index (χ3v) is 4.15. The summed E-state index contributed by atoms with van der Waals surface area (Å²) in [5.74, 6) is 0.229. The highest BCUT2D eigenvalue weighted by Crippen LogP contribution is 2.29. The Kier molecular flexibility index (Phi) is 4.61. The molecule has 0 unspecified atom stereocenters. The van der Waals surface area contributed by atoms with E-state index in [2.05, 4.69) is 13.8 Å². The molecule has 0 bridgehead atoms. The van der Waals surface area contributed by atoms with Crippen LogP contribution < -0.4 is 0 Å². The Bertz CT molecular complexity index is 492. The molecule has 21 heavy (non-hydrogen) atoms. The number of alkyl halides is 2. The number of halogens is 2. The zero-order valence-corrected chi connectivity index (χ0v) is 12.4. The summed E-state index contributed by atoms with van der Waals surface area (Å²) in [6.07, 6.45) is -2.93. The lowest BCUT2D eigenvalue weighted by Crippen LogP contribution is -2.50. The van der Waals surface area contributed by atoms with Crippen molar-refractivity contribution in [3.8, 4) is 0 Å². The first kappa shape index (κ1) is 15.9. The van der Waals surface area contributed by atoms with Crippen LogP contribution in [0.3, 0.4) is 0 Å². The molecule has 1 fully saturated rings. The van der Waals surface area contributed by atoms with Crippen molar-refractivity contribution in [3.05, 3.63) is 35.4 Å². The lowest BCUT2D eigenvalue weighted by atomic mass is 9.91. The van der Waals surface area contributed by atoms with Crippen molar-refractivity contribution in [1.29, 1.82) is 0 Å². The number of amides is 1. The van der Waals surface area contributed by atoms with Gasteiger partial charge in [-0.1, -0.05) is 26.0 Å². The first-order valence-electron chi connectivity index (χ1n) is 7.23. The van der Waals surface area contributed by atoms with Crippen molar-refractivity contribution < 1.29 is 18.7 Å². The van der Waals surface area contributed by atoms with E-state index in [4.69, 9.17) is 0 Å². The molecule has 1 heterocycles. The number of nitrogens with zero attached hydrogens (tertiary/aromatic N) is 1. The number of carbonyl (C=O) groups excluding carboxylic acids is 1. The van der Waals surface area contributed by atoms with Gasteiger partial charge in [0.1, 0.15) is 5.60 Å². The SMILES string of the molecule is CC(C)c1ccc(C(=O)N2CCC(O)(C(F)F)CC2)cc1. The van der Waals surface area contributed by atoms with Gasteiger partial charge in [-0.05, 0) is 36.5 Å². The predicted molar refractivity (Wildman–Crippen MR) is 76.6 cm³/mol. The Morgan fingerprint density at radius 2 is 1.71 bits per heavy atom. The maximum absolute atomic E-state index is 12.7. The Labute approximate surface area is 123 Å². The van der Waals surface area contributed by atoms with Gasteiger partial charge in [0, 0.05) is 18.7 Å². The Morgan fingerprint density at radius 1 is 1.19 bits per heavy atom. The minimum absolute atomic E-state index is 0.0829. The molecule has 1 N–H and O–H groups in total. The van der Waals surface area contributed by atoms with Gasteiger partial charge >= 0.3 is 0 Å². The zero-order chi connectivity index (χ0) is 15.6. The number of aliphatic hydroxyl groups is 1. The number of carbonyl (C=O) groups is 1. The van der Waals surface area contributed by atoms with Crippen molar-refractivity contribution in [2.45, 2.75) is 44.6 Å². The van der Waals surface area contributed by atoms with Crippen LogP contribution in [0.15, 0.2) is 24.3 Å². The second-order valence-corrected chi connectivity index (χ2v) is 5.97. The molecule has 2 rings (SSSR count). The molecule has 1 aliphatic heterocycles. The summed E-state index contributed by atoms with van der Waals surface area (Å²) in [6, 6.07) is 7.37. The van der Waals surface area contributed by atoms with Crippen molar-refractivity contribution >= 4 is 5.91 Å². The highest BCUT2D eigenvalue weighted by molar-refractivity contribution is 5.94. The van der Waals surface area contributed by atoms with E-state index in [-0.39, 0.29) is 31.8 Å². The average Bonchev–Trinajstić information content (AvgIpc) is 2.47. The van der Waals surface area contributed by atoms with Crippen LogP contribution >= 0.6 is 0 Å². The summed E-state index contributed by atoms with van der Waals surface area (Å²) in [5, 5.41) is 9.73. The molecule has 0 aliphatic carbocycles. The summed E-state index contributed by atoms with van der Waals surface area (Å²) in [7, 11) is 0. The van der Waals surface area contributed by atoms with Crippen LogP contribution in [0.4, 0.5) is 8.78 Å². The molecular formula is C16H21F2NO2. The molecule has 0 spiro atoms. The van der Waals surface area contributed by atoms with Crippen molar-refractivity contribution in [3.63, 3.8) is 0 Å². The number of likely N-dealkylation sites (tertiary alicyclic amines) is 1. The number of hydrogen-bond donors (Lipinski definition) is 1. The van der Waals surface area contributed by atoms with Crippen molar-refractivity contribution in [2.24, 2.45) is 0 Å². The lowest BCUT2D eigenvalue weighted by molar-refractivity contribution is -0.122. The van der Waals surface area contributed by atoms with Gasteiger partial charge in [-0.25, -0.2) is 8.78 Å². The number of hydrogen-bond acceptors (Lipinski definition) is 2. The Balaban J connectivity index is 2.02. The maximum atomic E-state index is 12.7. The minimum Gasteiger partial charge on any atom is -0.384 e. The van der Waals surface area contributed by atoms with E-state index in [1.807, 2.05) is 12.1 Å². The van der Waals surface area contributed by atoms with Crippen molar-refractivity contribution in [1.82, 2.24) is 4.90 Å². The third-order valence-electron chi connectivity index (χ3n) is 4.15. The highest BCUT2D eigenvalue weighted by Gasteiger charge is 2.41. The summed E-state index contributed by atoms with van der Waals surface area (Å²) in [4.78, 5) is 13.8. The third kappa shape index (κ3) is 3.40. The Morgan fingerprint density at radius 3 is 2.14 bits per heavy atom. The normalized spacial score (nSPS) is 18.3. The van der Waals surface area contributed by atoms with E-state index in [0.29, 0.717) is 11.5 Å². The van der Waals surface area contributed by atoms with E-state index in [1.165, 1.54) is 4.90 Å². The van der Waals surface area contributed by atoms with Gasteiger partial charge in [0.15, 0.2) is 0 Å².